The number of rotatable bonds is 3. The summed E-state index contributed by atoms with van der Waals surface area (Å²) >= 11 is 0. The maximum Gasteiger partial charge on any atom is 0.0601 e. The summed E-state index contributed by atoms with van der Waals surface area (Å²) in [6.07, 6.45) is 0. The van der Waals surface area contributed by atoms with Gasteiger partial charge in [0.05, 0.1) is 6.54 Å². The standard InChI is InChI=1S/C15H20N2/c1-2-3-9-17-11-14(10-16)15(12-17)13-7-5-4-6-8-13/h4-8,14-15H,9-12,16H2,1H3/t14-,15+/m1/s1. The number of nitrogens with zero attached hydrogens (tertiary/aromatic N) is 1. The van der Waals surface area contributed by atoms with Crippen molar-refractivity contribution in [2.24, 2.45) is 11.7 Å². The van der Waals surface area contributed by atoms with Crippen LogP contribution in [0.25, 0.3) is 0 Å². The molecule has 0 spiro atoms. The Morgan fingerprint density at radius 3 is 2.71 bits per heavy atom. The summed E-state index contributed by atoms with van der Waals surface area (Å²) in [4.78, 5) is 2.41. The minimum Gasteiger partial charge on any atom is -0.330 e. The third-order valence-electron chi connectivity index (χ3n) is 3.53. The molecule has 17 heavy (non-hydrogen) atoms. The quantitative estimate of drug-likeness (QED) is 0.798. The fraction of sp³-hybridized carbons (Fsp3) is 0.467. The fourth-order valence-electron chi connectivity index (χ4n) is 2.60. The molecule has 1 fully saturated rings. The molecule has 1 aliphatic heterocycles. The van der Waals surface area contributed by atoms with Gasteiger partial charge in [-0.2, -0.15) is 0 Å². The van der Waals surface area contributed by atoms with E-state index in [1.54, 1.807) is 0 Å². The highest BCUT2D eigenvalue weighted by molar-refractivity contribution is 5.22. The Labute approximate surface area is 104 Å². The van der Waals surface area contributed by atoms with E-state index in [9.17, 15) is 0 Å². The molecule has 1 saturated heterocycles. The second-order valence-electron chi connectivity index (χ2n) is 4.63. The lowest BCUT2D eigenvalue weighted by atomic mass is 9.89. The summed E-state index contributed by atoms with van der Waals surface area (Å²) in [7, 11) is 0. The molecule has 0 unspecified atom stereocenters. The van der Waals surface area contributed by atoms with Crippen LogP contribution in [0.15, 0.2) is 30.3 Å². The van der Waals surface area contributed by atoms with Crippen LogP contribution >= 0.6 is 0 Å². The van der Waals surface area contributed by atoms with Gasteiger partial charge < -0.3 is 5.73 Å². The van der Waals surface area contributed by atoms with Crippen molar-refractivity contribution in [3.63, 3.8) is 0 Å². The van der Waals surface area contributed by atoms with Gasteiger partial charge in [-0.05, 0) is 24.9 Å². The average molecular weight is 228 g/mol. The lowest BCUT2D eigenvalue weighted by Gasteiger charge is -2.16. The van der Waals surface area contributed by atoms with E-state index < -0.39 is 0 Å². The van der Waals surface area contributed by atoms with Crippen molar-refractivity contribution in [1.82, 2.24) is 4.90 Å². The van der Waals surface area contributed by atoms with Crippen molar-refractivity contribution in [1.29, 1.82) is 0 Å². The zero-order valence-corrected chi connectivity index (χ0v) is 10.4. The van der Waals surface area contributed by atoms with E-state index in [1.807, 2.05) is 6.92 Å². The molecule has 2 N–H and O–H groups in total. The average Bonchev–Trinajstić information content (AvgIpc) is 2.80. The normalized spacial score (nSPS) is 24.4. The van der Waals surface area contributed by atoms with Gasteiger partial charge in [0.1, 0.15) is 0 Å². The van der Waals surface area contributed by atoms with E-state index >= 15 is 0 Å². The monoisotopic (exact) mass is 228 g/mol. The first kappa shape index (κ1) is 12.2. The Balaban J connectivity index is 2.08. The highest BCUT2D eigenvalue weighted by Gasteiger charge is 2.32. The van der Waals surface area contributed by atoms with Crippen LogP contribution in [0.2, 0.25) is 0 Å². The molecular weight excluding hydrogens is 208 g/mol. The molecular formula is C15H20N2. The number of nitrogens with two attached hydrogens (primary N) is 1. The molecule has 2 rings (SSSR count). The largest absolute Gasteiger partial charge is 0.330 e. The van der Waals surface area contributed by atoms with Crippen molar-refractivity contribution in [2.75, 3.05) is 26.2 Å². The zero-order valence-electron chi connectivity index (χ0n) is 10.4. The van der Waals surface area contributed by atoms with Gasteiger partial charge in [0, 0.05) is 19.0 Å². The summed E-state index contributed by atoms with van der Waals surface area (Å²) in [5, 5.41) is 0. The highest BCUT2D eigenvalue weighted by atomic mass is 15.1. The van der Waals surface area contributed by atoms with Crippen LogP contribution in [0.3, 0.4) is 0 Å². The highest BCUT2D eigenvalue weighted by Crippen LogP contribution is 2.31. The van der Waals surface area contributed by atoms with Gasteiger partial charge in [-0.3, -0.25) is 4.90 Å². The lowest BCUT2D eigenvalue weighted by Crippen LogP contribution is -2.23. The number of hydrogen-bond acceptors (Lipinski definition) is 2. The molecule has 2 nitrogen and oxygen atoms in total. The third-order valence-corrected chi connectivity index (χ3v) is 3.53. The van der Waals surface area contributed by atoms with Crippen molar-refractivity contribution in [2.45, 2.75) is 12.8 Å². The molecule has 1 aliphatic rings. The molecule has 0 radical (unpaired) electrons. The predicted octanol–water partition coefficient (Wildman–Crippen LogP) is 1.68. The van der Waals surface area contributed by atoms with Gasteiger partial charge in [-0.1, -0.05) is 36.3 Å². The number of hydrogen-bond donors (Lipinski definition) is 1. The minimum atomic E-state index is 0.566. The zero-order chi connectivity index (χ0) is 12.1. The van der Waals surface area contributed by atoms with E-state index in [2.05, 4.69) is 47.1 Å². The Morgan fingerprint density at radius 1 is 1.29 bits per heavy atom. The molecule has 1 aromatic carbocycles. The van der Waals surface area contributed by atoms with E-state index in [0.29, 0.717) is 11.8 Å². The molecule has 1 aromatic rings. The van der Waals surface area contributed by atoms with Crippen molar-refractivity contribution >= 4 is 0 Å². The van der Waals surface area contributed by atoms with Gasteiger partial charge in [-0.15, -0.1) is 5.92 Å². The molecule has 2 atom stereocenters. The van der Waals surface area contributed by atoms with E-state index in [4.69, 9.17) is 5.73 Å². The fourth-order valence-corrected chi connectivity index (χ4v) is 2.60. The maximum atomic E-state index is 5.89. The van der Waals surface area contributed by atoms with E-state index in [1.165, 1.54) is 5.56 Å². The van der Waals surface area contributed by atoms with Crippen LogP contribution in [0.5, 0.6) is 0 Å². The van der Waals surface area contributed by atoms with Crippen molar-refractivity contribution in [3.8, 4) is 11.8 Å². The molecule has 0 bridgehead atoms. The topological polar surface area (TPSA) is 29.3 Å². The summed E-state index contributed by atoms with van der Waals surface area (Å²) in [6, 6.07) is 10.7. The van der Waals surface area contributed by atoms with E-state index in [-0.39, 0.29) is 0 Å². The molecule has 0 aliphatic carbocycles. The molecule has 90 valence electrons. The SMILES string of the molecule is CC#CCN1C[C@@H](CN)[C@H](c2ccccc2)C1. The second-order valence-corrected chi connectivity index (χ2v) is 4.63. The summed E-state index contributed by atoms with van der Waals surface area (Å²) in [5.41, 5.74) is 7.30. The first-order valence-corrected chi connectivity index (χ1v) is 6.22. The van der Waals surface area contributed by atoms with Gasteiger partial charge in [0.25, 0.3) is 0 Å². The smallest absolute Gasteiger partial charge is 0.0601 e. The van der Waals surface area contributed by atoms with Crippen LogP contribution in [-0.2, 0) is 0 Å². The molecule has 0 aromatic heterocycles. The molecule has 0 amide bonds. The van der Waals surface area contributed by atoms with Gasteiger partial charge in [0.15, 0.2) is 0 Å². The summed E-state index contributed by atoms with van der Waals surface area (Å²) in [6.45, 7) is 5.68. The first-order valence-electron chi connectivity index (χ1n) is 6.22. The number of likely N-dealkylation sites (tertiary alicyclic amines) is 1. The van der Waals surface area contributed by atoms with Crippen molar-refractivity contribution < 1.29 is 0 Å². The predicted molar refractivity (Wildman–Crippen MR) is 71.6 cm³/mol. The molecule has 1 heterocycles. The summed E-state index contributed by atoms with van der Waals surface area (Å²) in [5.74, 6) is 7.24. The van der Waals surface area contributed by atoms with Crippen LogP contribution in [0.4, 0.5) is 0 Å². The Kier molecular flexibility index (Phi) is 4.19. The second kappa shape index (κ2) is 5.86. The van der Waals surface area contributed by atoms with Gasteiger partial charge >= 0.3 is 0 Å². The number of benzene rings is 1. The molecule has 0 saturated carbocycles. The Morgan fingerprint density at radius 2 is 2.06 bits per heavy atom. The van der Waals surface area contributed by atoms with Crippen LogP contribution in [0.1, 0.15) is 18.4 Å². The van der Waals surface area contributed by atoms with E-state index in [0.717, 1.165) is 26.2 Å². The lowest BCUT2D eigenvalue weighted by molar-refractivity contribution is 0.365. The van der Waals surface area contributed by atoms with Crippen LogP contribution in [0, 0.1) is 17.8 Å². The minimum absolute atomic E-state index is 0.566. The van der Waals surface area contributed by atoms with Gasteiger partial charge in [0.2, 0.25) is 0 Å². The Hall–Kier alpha value is -1.30. The van der Waals surface area contributed by atoms with Crippen molar-refractivity contribution in [3.05, 3.63) is 35.9 Å². The van der Waals surface area contributed by atoms with Crippen LogP contribution < -0.4 is 5.73 Å². The van der Waals surface area contributed by atoms with Gasteiger partial charge in [-0.25, -0.2) is 0 Å². The maximum absolute atomic E-state index is 5.89. The summed E-state index contributed by atoms with van der Waals surface area (Å²) < 4.78 is 0. The van der Waals surface area contributed by atoms with Crippen LogP contribution in [-0.4, -0.2) is 31.1 Å². The third kappa shape index (κ3) is 2.88. The Bertz CT molecular complexity index is 402. The first-order chi connectivity index (χ1) is 8.35. The molecule has 2 heteroatoms.